The Morgan fingerprint density at radius 2 is 2.00 bits per heavy atom. The van der Waals surface area contributed by atoms with Crippen molar-refractivity contribution in [3.63, 3.8) is 0 Å². The number of pyridine rings is 1. The molecule has 0 amide bonds. The van der Waals surface area contributed by atoms with Gasteiger partial charge in [-0.05, 0) is 31.5 Å². The predicted molar refractivity (Wildman–Crippen MR) is 96.4 cm³/mol. The number of morpholine rings is 1. The summed E-state index contributed by atoms with van der Waals surface area (Å²) in [5.74, 6) is 0. The number of fused-ring (bicyclic) bond motifs is 1. The molecule has 2 aromatic heterocycles. The average Bonchev–Trinajstić information content (AvgIpc) is 3.11. The summed E-state index contributed by atoms with van der Waals surface area (Å²) in [6, 6.07) is 8.56. The Balaban J connectivity index is 1.85. The van der Waals surface area contributed by atoms with Crippen molar-refractivity contribution in [3.8, 4) is 11.4 Å². The zero-order chi connectivity index (χ0) is 16.5. The van der Waals surface area contributed by atoms with E-state index < -0.39 is 0 Å². The van der Waals surface area contributed by atoms with Crippen LogP contribution in [0.4, 0.5) is 5.69 Å². The molecule has 0 spiro atoms. The molecule has 1 aliphatic rings. The Bertz CT molecular complexity index is 865. The summed E-state index contributed by atoms with van der Waals surface area (Å²) in [4.78, 5) is 11.9. The van der Waals surface area contributed by atoms with Crippen LogP contribution < -0.4 is 4.90 Å². The highest BCUT2D eigenvalue weighted by atomic mass is 16.5. The number of para-hydroxylation sites is 1. The second-order valence-electron chi connectivity index (χ2n) is 6.19. The van der Waals surface area contributed by atoms with Gasteiger partial charge < -0.3 is 14.2 Å². The van der Waals surface area contributed by atoms with Gasteiger partial charge in [-0.15, -0.1) is 0 Å². The first-order valence-corrected chi connectivity index (χ1v) is 8.51. The highest BCUT2D eigenvalue weighted by molar-refractivity contribution is 5.94. The number of aromatic nitrogens is 3. The van der Waals surface area contributed by atoms with E-state index in [9.17, 15) is 0 Å². The third-order valence-electron chi connectivity index (χ3n) is 4.64. The molecule has 3 aromatic rings. The lowest BCUT2D eigenvalue weighted by atomic mass is 10.1. The van der Waals surface area contributed by atoms with Gasteiger partial charge in [0.15, 0.2) is 0 Å². The standard InChI is InChI=1S/C19H22N4O/c1-3-22-12-17(20-13-22)16-11-14(2)15-5-4-6-18(19(15)21-16)23-7-9-24-10-8-23/h4-6,11-13H,3,7-10H2,1-2H3. The van der Waals surface area contributed by atoms with Gasteiger partial charge in [-0.1, -0.05) is 12.1 Å². The molecule has 4 rings (SSSR count). The van der Waals surface area contributed by atoms with E-state index in [4.69, 9.17) is 9.72 Å². The van der Waals surface area contributed by atoms with Crippen molar-refractivity contribution in [2.75, 3.05) is 31.2 Å². The molecule has 0 radical (unpaired) electrons. The van der Waals surface area contributed by atoms with Crippen molar-refractivity contribution in [1.29, 1.82) is 0 Å². The molecule has 0 atom stereocenters. The number of nitrogens with zero attached hydrogens (tertiary/aromatic N) is 4. The SMILES string of the molecule is CCn1cnc(-c2cc(C)c3cccc(N4CCOCC4)c3n2)c1. The molecule has 3 heterocycles. The molecule has 0 unspecified atom stereocenters. The normalized spacial score (nSPS) is 15.2. The van der Waals surface area contributed by atoms with Crippen molar-refractivity contribution in [2.24, 2.45) is 0 Å². The first kappa shape index (κ1) is 15.1. The van der Waals surface area contributed by atoms with E-state index in [1.165, 1.54) is 16.6 Å². The fourth-order valence-electron chi connectivity index (χ4n) is 3.26. The number of benzene rings is 1. The molecule has 1 saturated heterocycles. The topological polar surface area (TPSA) is 43.2 Å². The zero-order valence-electron chi connectivity index (χ0n) is 14.2. The van der Waals surface area contributed by atoms with Gasteiger partial charge in [-0.2, -0.15) is 0 Å². The van der Waals surface area contributed by atoms with Crippen LogP contribution in [0.1, 0.15) is 12.5 Å². The van der Waals surface area contributed by atoms with E-state index >= 15 is 0 Å². The van der Waals surface area contributed by atoms with Gasteiger partial charge in [0.1, 0.15) is 5.69 Å². The third kappa shape index (κ3) is 2.65. The minimum atomic E-state index is 0.774. The Morgan fingerprint density at radius 3 is 2.75 bits per heavy atom. The maximum atomic E-state index is 5.49. The Hall–Kier alpha value is -2.40. The second kappa shape index (κ2) is 6.24. The van der Waals surface area contributed by atoms with E-state index in [2.05, 4.69) is 58.8 Å². The fraction of sp³-hybridized carbons (Fsp3) is 0.368. The van der Waals surface area contributed by atoms with Crippen LogP contribution in [0.5, 0.6) is 0 Å². The van der Waals surface area contributed by atoms with Gasteiger partial charge in [0, 0.05) is 31.2 Å². The summed E-state index contributed by atoms with van der Waals surface area (Å²) in [7, 11) is 0. The minimum Gasteiger partial charge on any atom is -0.378 e. The summed E-state index contributed by atoms with van der Waals surface area (Å²) < 4.78 is 7.56. The van der Waals surface area contributed by atoms with E-state index in [-0.39, 0.29) is 0 Å². The first-order valence-electron chi connectivity index (χ1n) is 8.51. The number of imidazole rings is 1. The quantitative estimate of drug-likeness (QED) is 0.742. The van der Waals surface area contributed by atoms with E-state index in [1.807, 2.05) is 6.33 Å². The molecule has 0 bridgehead atoms. The Kier molecular flexibility index (Phi) is 3.94. The lowest BCUT2D eigenvalue weighted by Gasteiger charge is -2.29. The minimum absolute atomic E-state index is 0.774. The maximum Gasteiger partial charge on any atom is 0.107 e. The molecule has 5 heteroatoms. The molecule has 0 saturated carbocycles. The largest absolute Gasteiger partial charge is 0.378 e. The summed E-state index contributed by atoms with van der Waals surface area (Å²) in [5.41, 5.74) is 5.35. The number of rotatable bonds is 3. The van der Waals surface area contributed by atoms with Crippen LogP contribution in [0.15, 0.2) is 36.8 Å². The summed E-state index contributed by atoms with van der Waals surface area (Å²) in [6.45, 7) is 8.54. The van der Waals surface area contributed by atoms with Crippen LogP contribution in [0.25, 0.3) is 22.3 Å². The Labute approximate surface area is 141 Å². The van der Waals surface area contributed by atoms with Gasteiger partial charge >= 0.3 is 0 Å². The van der Waals surface area contributed by atoms with Crippen molar-refractivity contribution in [2.45, 2.75) is 20.4 Å². The number of hydrogen-bond acceptors (Lipinski definition) is 4. The van der Waals surface area contributed by atoms with Gasteiger partial charge in [-0.25, -0.2) is 9.97 Å². The van der Waals surface area contributed by atoms with Crippen LogP contribution in [0.3, 0.4) is 0 Å². The van der Waals surface area contributed by atoms with Crippen LogP contribution >= 0.6 is 0 Å². The van der Waals surface area contributed by atoms with Gasteiger partial charge in [0.05, 0.1) is 36.4 Å². The Morgan fingerprint density at radius 1 is 1.17 bits per heavy atom. The molecule has 1 aromatic carbocycles. The van der Waals surface area contributed by atoms with Gasteiger partial charge in [0.2, 0.25) is 0 Å². The van der Waals surface area contributed by atoms with E-state index in [0.29, 0.717) is 0 Å². The predicted octanol–water partition coefficient (Wildman–Crippen LogP) is 3.26. The van der Waals surface area contributed by atoms with Crippen LogP contribution in [-0.2, 0) is 11.3 Å². The molecular weight excluding hydrogens is 300 g/mol. The van der Waals surface area contributed by atoms with Crippen LogP contribution in [-0.4, -0.2) is 40.8 Å². The summed E-state index contributed by atoms with van der Waals surface area (Å²) in [5, 5.41) is 1.21. The molecule has 1 fully saturated rings. The number of hydrogen-bond donors (Lipinski definition) is 0. The van der Waals surface area contributed by atoms with Crippen molar-refractivity contribution >= 4 is 16.6 Å². The highest BCUT2D eigenvalue weighted by Gasteiger charge is 2.16. The smallest absolute Gasteiger partial charge is 0.107 e. The van der Waals surface area contributed by atoms with Crippen LogP contribution in [0.2, 0.25) is 0 Å². The van der Waals surface area contributed by atoms with Crippen molar-refractivity contribution in [1.82, 2.24) is 14.5 Å². The molecule has 0 aliphatic carbocycles. The van der Waals surface area contributed by atoms with Crippen LogP contribution in [0, 0.1) is 6.92 Å². The molecule has 24 heavy (non-hydrogen) atoms. The van der Waals surface area contributed by atoms with Gasteiger partial charge in [-0.3, -0.25) is 0 Å². The average molecular weight is 322 g/mol. The summed E-state index contributed by atoms with van der Waals surface area (Å²) in [6.07, 6.45) is 3.93. The lowest BCUT2D eigenvalue weighted by molar-refractivity contribution is 0.123. The molecular formula is C19H22N4O. The monoisotopic (exact) mass is 322 g/mol. The van der Waals surface area contributed by atoms with Crippen molar-refractivity contribution in [3.05, 3.63) is 42.4 Å². The molecule has 124 valence electrons. The number of anilines is 1. The number of ether oxygens (including phenoxy) is 1. The summed E-state index contributed by atoms with van der Waals surface area (Å²) >= 11 is 0. The van der Waals surface area contributed by atoms with E-state index in [1.54, 1.807) is 0 Å². The first-order chi connectivity index (χ1) is 11.8. The molecule has 1 aliphatic heterocycles. The second-order valence-corrected chi connectivity index (χ2v) is 6.19. The highest BCUT2D eigenvalue weighted by Crippen LogP contribution is 2.30. The zero-order valence-corrected chi connectivity index (χ0v) is 14.2. The van der Waals surface area contributed by atoms with E-state index in [0.717, 1.165) is 49.8 Å². The van der Waals surface area contributed by atoms with Crippen molar-refractivity contribution < 1.29 is 4.74 Å². The van der Waals surface area contributed by atoms with Gasteiger partial charge in [0.25, 0.3) is 0 Å². The number of aryl methyl sites for hydroxylation is 2. The lowest BCUT2D eigenvalue weighted by Crippen LogP contribution is -2.36. The molecule has 5 nitrogen and oxygen atoms in total. The third-order valence-corrected chi connectivity index (χ3v) is 4.64. The fourth-order valence-corrected chi connectivity index (χ4v) is 3.26. The molecule has 0 N–H and O–H groups in total. The maximum absolute atomic E-state index is 5.49.